The predicted molar refractivity (Wildman–Crippen MR) is 96.1 cm³/mol. The van der Waals surface area contributed by atoms with Crippen molar-refractivity contribution in [3.05, 3.63) is 41.0 Å². The van der Waals surface area contributed by atoms with Crippen molar-refractivity contribution in [3.63, 3.8) is 0 Å². The molecule has 0 bridgehead atoms. The molecule has 0 unspecified atom stereocenters. The highest BCUT2D eigenvalue weighted by atomic mass is 32.1. The molecule has 0 spiro atoms. The minimum absolute atomic E-state index is 0.0813. The minimum atomic E-state index is 0.0813. The maximum atomic E-state index is 11.9. The van der Waals surface area contributed by atoms with Gasteiger partial charge in [0, 0.05) is 17.4 Å². The highest BCUT2D eigenvalue weighted by molar-refractivity contribution is 7.80. The van der Waals surface area contributed by atoms with E-state index in [1.54, 1.807) is 12.1 Å². The van der Waals surface area contributed by atoms with Gasteiger partial charge in [0.2, 0.25) is 0 Å². The molecule has 3 nitrogen and oxygen atoms in total. The number of hydrogen-bond donors (Lipinski definition) is 1. The van der Waals surface area contributed by atoms with Crippen LogP contribution in [0.15, 0.2) is 40.3 Å². The molecule has 1 heterocycles. The first-order valence-electron chi connectivity index (χ1n) is 7.92. The molecule has 0 amide bonds. The lowest BCUT2D eigenvalue weighted by Gasteiger charge is -2.19. The Morgan fingerprint density at radius 3 is 2.83 bits per heavy atom. The Morgan fingerprint density at radius 1 is 1.30 bits per heavy atom. The van der Waals surface area contributed by atoms with Crippen molar-refractivity contribution < 1.29 is 14.3 Å². The van der Waals surface area contributed by atoms with Crippen molar-refractivity contribution in [2.24, 2.45) is 0 Å². The van der Waals surface area contributed by atoms with Crippen LogP contribution in [0.3, 0.4) is 0 Å². The number of rotatable bonds is 6. The molecule has 4 heteroatoms. The first kappa shape index (κ1) is 17.7. The standard InChI is InChI=1S/C19H24O3S/c1-13(2)5-4-6-14(3)7-9-21-15-11-17-19(18(23)12-15)16(20)8-10-22-17/h5,7,11-12,23H,4,6,8-10H2,1-3H3/b14-7+. The van der Waals surface area contributed by atoms with Gasteiger partial charge in [-0.15, -0.1) is 12.6 Å². The van der Waals surface area contributed by atoms with Crippen LogP contribution in [-0.2, 0) is 0 Å². The molecule has 2 rings (SSSR count). The first-order chi connectivity index (χ1) is 11.0. The average Bonchev–Trinajstić information content (AvgIpc) is 2.46. The lowest BCUT2D eigenvalue weighted by atomic mass is 10.0. The zero-order valence-electron chi connectivity index (χ0n) is 14.0. The fourth-order valence-electron chi connectivity index (χ4n) is 2.40. The van der Waals surface area contributed by atoms with Gasteiger partial charge >= 0.3 is 0 Å². The van der Waals surface area contributed by atoms with E-state index in [2.05, 4.69) is 45.6 Å². The predicted octanol–water partition coefficient (Wildman–Crippen LogP) is 5.01. The molecule has 0 radical (unpaired) electrons. The maximum Gasteiger partial charge on any atom is 0.171 e. The summed E-state index contributed by atoms with van der Waals surface area (Å²) in [5, 5.41) is 0. The molecule has 0 N–H and O–H groups in total. The quantitative estimate of drug-likeness (QED) is 0.587. The van der Waals surface area contributed by atoms with Gasteiger partial charge in [-0.3, -0.25) is 4.79 Å². The number of fused-ring (bicyclic) bond motifs is 1. The summed E-state index contributed by atoms with van der Waals surface area (Å²) in [4.78, 5) is 12.5. The third-order valence-electron chi connectivity index (χ3n) is 3.69. The van der Waals surface area contributed by atoms with Gasteiger partial charge < -0.3 is 9.47 Å². The van der Waals surface area contributed by atoms with Gasteiger partial charge in [-0.25, -0.2) is 0 Å². The molecule has 1 aliphatic heterocycles. The molecular weight excluding hydrogens is 308 g/mol. The molecule has 0 fully saturated rings. The van der Waals surface area contributed by atoms with E-state index in [1.165, 1.54) is 11.1 Å². The van der Waals surface area contributed by atoms with E-state index in [4.69, 9.17) is 9.47 Å². The molecular formula is C19H24O3S. The van der Waals surface area contributed by atoms with Crippen LogP contribution in [0.2, 0.25) is 0 Å². The third-order valence-corrected chi connectivity index (χ3v) is 4.05. The fourth-order valence-corrected chi connectivity index (χ4v) is 2.77. The summed E-state index contributed by atoms with van der Waals surface area (Å²) in [5.74, 6) is 1.34. The number of allylic oxidation sites excluding steroid dienone is 3. The van der Waals surface area contributed by atoms with Gasteiger partial charge in [0.05, 0.1) is 12.2 Å². The fraction of sp³-hybridized carbons (Fsp3) is 0.421. The van der Waals surface area contributed by atoms with Crippen LogP contribution in [0.25, 0.3) is 0 Å². The second-order valence-electron chi connectivity index (χ2n) is 6.02. The number of carbonyl (C=O) groups is 1. The van der Waals surface area contributed by atoms with Crippen LogP contribution in [0.4, 0.5) is 0 Å². The van der Waals surface area contributed by atoms with Crippen LogP contribution in [0.5, 0.6) is 11.5 Å². The molecule has 0 saturated carbocycles. The Hall–Kier alpha value is -1.68. The summed E-state index contributed by atoms with van der Waals surface area (Å²) in [6.07, 6.45) is 6.83. The van der Waals surface area contributed by atoms with E-state index >= 15 is 0 Å². The average molecular weight is 332 g/mol. The van der Waals surface area contributed by atoms with Gasteiger partial charge in [-0.1, -0.05) is 17.2 Å². The van der Waals surface area contributed by atoms with Crippen molar-refractivity contribution in [3.8, 4) is 11.5 Å². The van der Waals surface area contributed by atoms with E-state index in [0.717, 1.165) is 12.8 Å². The van der Waals surface area contributed by atoms with Crippen LogP contribution in [-0.4, -0.2) is 19.0 Å². The number of thiol groups is 1. The second kappa shape index (κ2) is 8.25. The molecule has 0 aromatic heterocycles. The van der Waals surface area contributed by atoms with Crippen LogP contribution in [0.1, 0.15) is 50.4 Å². The number of ether oxygens (including phenoxy) is 2. The van der Waals surface area contributed by atoms with Gasteiger partial charge in [-0.05, 0) is 45.8 Å². The molecule has 0 aliphatic carbocycles. The van der Waals surface area contributed by atoms with Crippen molar-refractivity contribution in [2.45, 2.75) is 44.9 Å². The number of hydrogen-bond acceptors (Lipinski definition) is 4. The molecule has 0 atom stereocenters. The number of Topliss-reactive ketones (excluding diaryl/α,β-unsaturated/α-hetero) is 1. The Balaban J connectivity index is 1.95. The Bertz CT molecular complexity index is 640. The van der Waals surface area contributed by atoms with Crippen molar-refractivity contribution in [1.82, 2.24) is 0 Å². The lowest BCUT2D eigenvalue weighted by Crippen LogP contribution is -2.16. The highest BCUT2D eigenvalue weighted by Gasteiger charge is 2.22. The van der Waals surface area contributed by atoms with Gasteiger partial charge in [0.15, 0.2) is 5.78 Å². The zero-order chi connectivity index (χ0) is 16.8. The molecule has 1 aromatic rings. The summed E-state index contributed by atoms with van der Waals surface area (Å²) < 4.78 is 11.3. The van der Waals surface area contributed by atoms with Crippen molar-refractivity contribution in [2.75, 3.05) is 13.2 Å². The summed E-state index contributed by atoms with van der Waals surface area (Å²) in [6.45, 7) is 7.26. The molecule has 124 valence electrons. The maximum absolute atomic E-state index is 11.9. The minimum Gasteiger partial charge on any atom is -0.492 e. The lowest BCUT2D eigenvalue weighted by molar-refractivity contribution is 0.0929. The number of ketones is 1. The van der Waals surface area contributed by atoms with Crippen LogP contribution < -0.4 is 9.47 Å². The normalized spacial score (nSPS) is 14.1. The van der Waals surface area contributed by atoms with Crippen molar-refractivity contribution in [1.29, 1.82) is 0 Å². The van der Waals surface area contributed by atoms with Crippen LogP contribution >= 0.6 is 12.6 Å². The van der Waals surface area contributed by atoms with Gasteiger partial charge in [0.1, 0.15) is 18.1 Å². The monoisotopic (exact) mass is 332 g/mol. The summed E-state index contributed by atoms with van der Waals surface area (Å²) >= 11 is 4.39. The Morgan fingerprint density at radius 2 is 2.09 bits per heavy atom. The summed E-state index contributed by atoms with van der Waals surface area (Å²) in [6, 6.07) is 3.55. The number of benzene rings is 1. The van der Waals surface area contributed by atoms with E-state index in [-0.39, 0.29) is 5.78 Å². The molecule has 1 aliphatic rings. The largest absolute Gasteiger partial charge is 0.492 e. The van der Waals surface area contributed by atoms with E-state index < -0.39 is 0 Å². The SMILES string of the molecule is CC(C)=CCC/C(C)=C/COc1cc(S)c2c(c1)OCCC2=O. The Labute approximate surface area is 143 Å². The molecule has 0 saturated heterocycles. The topological polar surface area (TPSA) is 35.5 Å². The summed E-state index contributed by atoms with van der Waals surface area (Å²) in [5.41, 5.74) is 3.22. The van der Waals surface area contributed by atoms with E-state index in [1.807, 2.05) is 0 Å². The smallest absolute Gasteiger partial charge is 0.171 e. The van der Waals surface area contributed by atoms with Crippen molar-refractivity contribution >= 4 is 18.4 Å². The van der Waals surface area contributed by atoms with Gasteiger partial charge in [0.25, 0.3) is 0 Å². The molecule has 1 aromatic carbocycles. The second-order valence-corrected chi connectivity index (χ2v) is 6.50. The molecule has 23 heavy (non-hydrogen) atoms. The zero-order valence-corrected chi connectivity index (χ0v) is 14.9. The Kier molecular flexibility index (Phi) is 6.34. The third kappa shape index (κ3) is 5.17. The van der Waals surface area contributed by atoms with E-state index in [9.17, 15) is 4.79 Å². The summed E-state index contributed by atoms with van der Waals surface area (Å²) in [7, 11) is 0. The number of carbonyl (C=O) groups excluding carboxylic acids is 1. The highest BCUT2D eigenvalue weighted by Crippen LogP contribution is 2.34. The van der Waals surface area contributed by atoms with E-state index in [0.29, 0.717) is 41.6 Å². The first-order valence-corrected chi connectivity index (χ1v) is 8.37. The van der Waals surface area contributed by atoms with Crippen LogP contribution in [0, 0.1) is 0 Å². The van der Waals surface area contributed by atoms with Gasteiger partial charge in [-0.2, -0.15) is 0 Å².